The molecule has 1 unspecified atom stereocenters. The molecular formula is C26H22FN3O3. The van der Waals surface area contributed by atoms with Gasteiger partial charge in [-0.25, -0.2) is 9.37 Å². The zero-order chi connectivity index (χ0) is 23.1. The average Bonchev–Trinajstić information content (AvgIpc) is 3.25. The van der Waals surface area contributed by atoms with E-state index in [1.54, 1.807) is 24.5 Å². The van der Waals surface area contributed by atoms with E-state index in [1.807, 2.05) is 48.9 Å². The molecule has 0 bridgehead atoms. The molecule has 0 fully saturated rings. The molecule has 0 N–H and O–H groups in total. The minimum absolute atomic E-state index is 0.190. The van der Waals surface area contributed by atoms with E-state index in [1.165, 1.54) is 10.8 Å². The third-order valence-electron chi connectivity index (χ3n) is 5.97. The van der Waals surface area contributed by atoms with Gasteiger partial charge in [0.05, 0.1) is 30.2 Å². The number of hydrogen-bond acceptors (Lipinski definition) is 4. The van der Waals surface area contributed by atoms with Gasteiger partial charge in [-0.2, -0.15) is 0 Å². The Morgan fingerprint density at radius 2 is 1.94 bits per heavy atom. The lowest BCUT2D eigenvalue weighted by Gasteiger charge is -2.27. The first-order valence-electron chi connectivity index (χ1n) is 10.7. The first-order chi connectivity index (χ1) is 15.9. The summed E-state index contributed by atoms with van der Waals surface area (Å²) < 4.78 is 23.5. The Morgan fingerprint density at radius 1 is 1.12 bits per heavy atom. The highest BCUT2D eigenvalue weighted by Gasteiger charge is 2.26. The fourth-order valence-corrected chi connectivity index (χ4v) is 4.37. The van der Waals surface area contributed by atoms with E-state index in [0.717, 1.165) is 28.6 Å². The van der Waals surface area contributed by atoms with Gasteiger partial charge in [-0.05, 0) is 49.7 Å². The molecule has 1 aliphatic heterocycles. The van der Waals surface area contributed by atoms with Crippen molar-refractivity contribution in [2.45, 2.75) is 26.3 Å². The van der Waals surface area contributed by atoms with Gasteiger partial charge in [-0.3, -0.25) is 9.59 Å². The predicted octanol–water partition coefficient (Wildman–Crippen LogP) is 4.39. The number of carbonyl (C=O) groups excluding carboxylic acids is 1. The zero-order valence-electron chi connectivity index (χ0n) is 18.3. The summed E-state index contributed by atoms with van der Waals surface area (Å²) in [5, 5.41) is 0. The van der Waals surface area contributed by atoms with Gasteiger partial charge in [0.1, 0.15) is 11.6 Å². The monoisotopic (exact) mass is 443 g/mol. The SMILES string of the molecule is Cc1cn(-c2ccc(C(=O)c3cc(F)cn(C4CCOc5ccccc54)c3=O)cc2C)cn1. The van der Waals surface area contributed by atoms with Crippen LogP contribution < -0.4 is 10.3 Å². The van der Waals surface area contributed by atoms with Crippen LogP contribution in [0.15, 0.2) is 72.0 Å². The fourth-order valence-electron chi connectivity index (χ4n) is 4.37. The maximum Gasteiger partial charge on any atom is 0.262 e. The van der Waals surface area contributed by atoms with Crippen molar-refractivity contribution in [1.29, 1.82) is 0 Å². The Bertz CT molecular complexity index is 1440. The molecular weight excluding hydrogens is 421 g/mol. The summed E-state index contributed by atoms with van der Waals surface area (Å²) in [7, 11) is 0. The number of hydrogen-bond donors (Lipinski definition) is 0. The molecule has 2 aromatic carbocycles. The van der Waals surface area contributed by atoms with Crippen molar-refractivity contribution < 1.29 is 13.9 Å². The summed E-state index contributed by atoms with van der Waals surface area (Å²) >= 11 is 0. The van der Waals surface area contributed by atoms with Crippen LogP contribution in [-0.2, 0) is 0 Å². The highest BCUT2D eigenvalue weighted by atomic mass is 19.1. The number of carbonyl (C=O) groups is 1. The molecule has 1 atom stereocenters. The Labute approximate surface area is 189 Å². The summed E-state index contributed by atoms with van der Waals surface area (Å²) in [5.41, 5.74) is 3.01. The van der Waals surface area contributed by atoms with Crippen LogP contribution in [0.25, 0.3) is 5.69 Å². The lowest BCUT2D eigenvalue weighted by Crippen LogP contribution is -2.33. The smallest absolute Gasteiger partial charge is 0.262 e. The number of aromatic nitrogens is 3. The number of fused-ring (bicyclic) bond motifs is 1. The van der Waals surface area contributed by atoms with E-state index in [2.05, 4.69) is 4.98 Å². The summed E-state index contributed by atoms with van der Waals surface area (Å²) in [6.07, 6.45) is 5.27. The minimum atomic E-state index is -0.635. The summed E-state index contributed by atoms with van der Waals surface area (Å²) in [6, 6.07) is 13.2. The van der Waals surface area contributed by atoms with E-state index in [-0.39, 0.29) is 5.56 Å². The first-order valence-corrected chi connectivity index (χ1v) is 10.7. The van der Waals surface area contributed by atoms with Crippen LogP contribution in [0.5, 0.6) is 5.75 Å². The van der Waals surface area contributed by atoms with Gasteiger partial charge in [0, 0.05) is 35.6 Å². The van der Waals surface area contributed by atoms with E-state index >= 15 is 0 Å². The number of imidazole rings is 1. The molecule has 0 aliphatic carbocycles. The third kappa shape index (κ3) is 3.75. The molecule has 0 saturated heterocycles. The number of ether oxygens (including phenoxy) is 1. The van der Waals surface area contributed by atoms with Crippen LogP contribution >= 0.6 is 0 Å². The van der Waals surface area contributed by atoms with Crippen molar-refractivity contribution in [1.82, 2.24) is 14.1 Å². The van der Waals surface area contributed by atoms with Crippen molar-refractivity contribution in [3.05, 3.63) is 111 Å². The second-order valence-electron chi connectivity index (χ2n) is 8.23. The van der Waals surface area contributed by atoms with Crippen LogP contribution in [0, 0.1) is 19.7 Å². The topological polar surface area (TPSA) is 66.1 Å². The summed E-state index contributed by atoms with van der Waals surface area (Å²) in [5.74, 6) is -0.479. The van der Waals surface area contributed by atoms with Gasteiger partial charge >= 0.3 is 0 Å². The van der Waals surface area contributed by atoms with Crippen molar-refractivity contribution >= 4 is 5.78 Å². The number of benzene rings is 2. The molecule has 1 aliphatic rings. The van der Waals surface area contributed by atoms with Crippen molar-refractivity contribution in [2.75, 3.05) is 6.61 Å². The molecule has 6 nitrogen and oxygen atoms in total. The average molecular weight is 443 g/mol. The van der Waals surface area contributed by atoms with E-state index < -0.39 is 23.2 Å². The molecule has 2 aromatic heterocycles. The molecule has 3 heterocycles. The van der Waals surface area contributed by atoms with Crippen LogP contribution in [0.3, 0.4) is 0 Å². The quantitative estimate of drug-likeness (QED) is 0.439. The number of pyridine rings is 1. The number of para-hydroxylation sites is 1. The number of halogens is 1. The van der Waals surface area contributed by atoms with Crippen LogP contribution in [-0.4, -0.2) is 26.5 Å². The molecule has 4 aromatic rings. The summed E-state index contributed by atoms with van der Waals surface area (Å²) in [4.78, 5) is 30.9. The van der Waals surface area contributed by atoms with Gasteiger partial charge in [-0.15, -0.1) is 0 Å². The number of nitrogens with zero attached hydrogens (tertiary/aromatic N) is 3. The molecule has 5 rings (SSSR count). The highest BCUT2D eigenvalue weighted by molar-refractivity contribution is 6.09. The Hall–Kier alpha value is -4.00. The fraction of sp³-hybridized carbons (Fsp3) is 0.192. The molecule has 0 radical (unpaired) electrons. The second-order valence-corrected chi connectivity index (χ2v) is 8.23. The Kier molecular flexibility index (Phi) is 5.17. The van der Waals surface area contributed by atoms with Crippen molar-refractivity contribution in [2.24, 2.45) is 0 Å². The van der Waals surface area contributed by atoms with Crippen LogP contribution in [0.1, 0.15) is 45.2 Å². The largest absolute Gasteiger partial charge is 0.493 e. The van der Waals surface area contributed by atoms with E-state index in [9.17, 15) is 14.0 Å². The van der Waals surface area contributed by atoms with Gasteiger partial charge in [-0.1, -0.05) is 18.2 Å². The van der Waals surface area contributed by atoms with Crippen LogP contribution in [0.2, 0.25) is 0 Å². The molecule has 33 heavy (non-hydrogen) atoms. The maximum atomic E-state index is 14.6. The molecule has 0 amide bonds. The number of rotatable bonds is 4. The first kappa shape index (κ1) is 20.9. The molecule has 0 spiro atoms. The van der Waals surface area contributed by atoms with Gasteiger partial charge in [0.25, 0.3) is 5.56 Å². The standard InChI is InChI=1S/C26H22FN3O3/c1-16-11-18(7-8-22(16)29-13-17(2)28-15-29)25(31)21-12-19(27)14-30(26(21)32)23-9-10-33-24-6-4-3-5-20(23)24/h3-8,11-15,23H,9-10H2,1-2H3. The normalized spacial score (nSPS) is 15.1. The highest BCUT2D eigenvalue weighted by Crippen LogP contribution is 2.33. The zero-order valence-corrected chi connectivity index (χ0v) is 18.3. The summed E-state index contributed by atoms with van der Waals surface area (Å²) in [6.45, 7) is 4.18. The maximum absolute atomic E-state index is 14.6. The predicted molar refractivity (Wildman–Crippen MR) is 122 cm³/mol. The molecule has 0 saturated carbocycles. The number of ketones is 1. The lowest BCUT2D eigenvalue weighted by molar-refractivity contribution is 0.103. The molecule has 166 valence electrons. The Morgan fingerprint density at radius 3 is 2.70 bits per heavy atom. The van der Waals surface area contributed by atoms with E-state index in [0.29, 0.717) is 24.3 Å². The second kappa shape index (κ2) is 8.16. The Balaban J connectivity index is 1.55. The molecule has 7 heteroatoms. The van der Waals surface area contributed by atoms with Gasteiger partial charge in [0.15, 0.2) is 5.78 Å². The van der Waals surface area contributed by atoms with Gasteiger partial charge < -0.3 is 13.9 Å². The third-order valence-corrected chi connectivity index (χ3v) is 5.97. The van der Waals surface area contributed by atoms with Gasteiger partial charge in [0.2, 0.25) is 0 Å². The number of aryl methyl sites for hydroxylation is 2. The van der Waals surface area contributed by atoms with E-state index in [4.69, 9.17) is 4.74 Å². The minimum Gasteiger partial charge on any atom is -0.493 e. The van der Waals surface area contributed by atoms with Crippen molar-refractivity contribution in [3.63, 3.8) is 0 Å². The van der Waals surface area contributed by atoms with Crippen LogP contribution in [0.4, 0.5) is 4.39 Å². The van der Waals surface area contributed by atoms with Crippen molar-refractivity contribution in [3.8, 4) is 11.4 Å². The lowest BCUT2D eigenvalue weighted by atomic mass is 9.98.